The van der Waals surface area contributed by atoms with E-state index in [1.165, 1.54) is 11.5 Å². The standard InChI is InChI=1S/C8H7N3OS2/c1-12-6-4-5(14-11-6)7-8(13)10-3-2-9-7/h2-4H,1H3,(H,10,13). The zero-order valence-corrected chi connectivity index (χ0v) is 8.98. The fraction of sp³-hybridized carbons (Fsp3) is 0.125. The Kier molecular flexibility index (Phi) is 2.55. The van der Waals surface area contributed by atoms with Crippen LogP contribution in [0.5, 0.6) is 5.88 Å². The van der Waals surface area contributed by atoms with E-state index in [0.29, 0.717) is 10.5 Å². The monoisotopic (exact) mass is 225 g/mol. The highest BCUT2D eigenvalue weighted by Crippen LogP contribution is 2.26. The molecule has 14 heavy (non-hydrogen) atoms. The normalized spacial score (nSPS) is 10.1. The summed E-state index contributed by atoms with van der Waals surface area (Å²) in [4.78, 5) is 8.00. The van der Waals surface area contributed by atoms with Gasteiger partial charge < -0.3 is 9.72 Å². The van der Waals surface area contributed by atoms with E-state index in [0.717, 1.165) is 10.6 Å². The molecule has 0 aliphatic heterocycles. The number of ether oxygens (including phenoxy) is 1. The van der Waals surface area contributed by atoms with Crippen LogP contribution in [0.4, 0.5) is 0 Å². The maximum Gasteiger partial charge on any atom is 0.225 e. The first kappa shape index (κ1) is 9.29. The molecule has 0 saturated carbocycles. The van der Waals surface area contributed by atoms with E-state index in [1.54, 1.807) is 19.5 Å². The Morgan fingerprint density at radius 3 is 3.07 bits per heavy atom. The molecule has 2 heterocycles. The quantitative estimate of drug-likeness (QED) is 0.797. The third-order valence-corrected chi connectivity index (χ3v) is 2.73. The molecule has 0 aliphatic rings. The van der Waals surface area contributed by atoms with Gasteiger partial charge >= 0.3 is 0 Å². The molecule has 0 aromatic carbocycles. The van der Waals surface area contributed by atoms with Crippen LogP contribution < -0.4 is 4.74 Å². The predicted octanol–water partition coefficient (Wildman–Crippen LogP) is 2.27. The lowest BCUT2D eigenvalue weighted by atomic mass is 10.4. The van der Waals surface area contributed by atoms with Crippen LogP contribution >= 0.6 is 23.8 Å². The van der Waals surface area contributed by atoms with Crippen LogP contribution in [0.15, 0.2) is 18.5 Å². The largest absolute Gasteiger partial charge is 0.480 e. The second kappa shape index (κ2) is 3.85. The van der Waals surface area contributed by atoms with Gasteiger partial charge in [-0.05, 0) is 11.5 Å². The summed E-state index contributed by atoms with van der Waals surface area (Å²) < 4.78 is 9.66. The Morgan fingerprint density at radius 2 is 2.43 bits per heavy atom. The Morgan fingerprint density at radius 1 is 1.57 bits per heavy atom. The fourth-order valence-corrected chi connectivity index (χ4v) is 2.00. The van der Waals surface area contributed by atoms with Gasteiger partial charge in [-0.15, -0.1) is 0 Å². The van der Waals surface area contributed by atoms with Gasteiger partial charge in [-0.25, -0.2) is 0 Å². The van der Waals surface area contributed by atoms with Gasteiger partial charge in [0.25, 0.3) is 0 Å². The minimum absolute atomic E-state index is 0.588. The predicted molar refractivity (Wildman–Crippen MR) is 57.1 cm³/mol. The van der Waals surface area contributed by atoms with Crippen LogP contribution in [0.2, 0.25) is 0 Å². The zero-order valence-electron chi connectivity index (χ0n) is 7.35. The van der Waals surface area contributed by atoms with Crippen LogP contribution in [0.3, 0.4) is 0 Å². The van der Waals surface area contributed by atoms with Crippen molar-refractivity contribution in [1.29, 1.82) is 0 Å². The fourth-order valence-electron chi connectivity index (χ4n) is 0.994. The lowest BCUT2D eigenvalue weighted by Gasteiger charge is -1.93. The molecule has 0 spiro atoms. The van der Waals surface area contributed by atoms with Crippen LogP contribution in [-0.4, -0.2) is 21.5 Å². The van der Waals surface area contributed by atoms with Crippen molar-refractivity contribution in [3.05, 3.63) is 23.1 Å². The van der Waals surface area contributed by atoms with Gasteiger partial charge in [-0.3, -0.25) is 4.98 Å². The smallest absolute Gasteiger partial charge is 0.225 e. The Bertz CT molecular complexity index is 491. The van der Waals surface area contributed by atoms with E-state index < -0.39 is 0 Å². The molecule has 0 bridgehead atoms. The molecular formula is C8H7N3OS2. The lowest BCUT2D eigenvalue weighted by Crippen LogP contribution is -1.83. The number of hydrogen-bond acceptors (Lipinski definition) is 5. The summed E-state index contributed by atoms with van der Waals surface area (Å²) in [6, 6.07) is 1.82. The van der Waals surface area contributed by atoms with Crippen molar-refractivity contribution in [2.75, 3.05) is 7.11 Å². The third-order valence-electron chi connectivity index (χ3n) is 1.64. The number of nitrogens with one attached hydrogen (secondary N) is 1. The highest BCUT2D eigenvalue weighted by Gasteiger charge is 2.06. The first-order valence-electron chi connectivity index (χ1n) is 3.86. The van der Waals surface area contributed by atoms with E-state index in [4.69, 9.17) is 17.0 Å². The van der Waals surface area contributed by atoms with Gasteiger partial charge in [0.1, 0.15) is 10.3 Å². The van der Waals surface area contributed by atoms with Gasteiger partial charge in [0.2, 0.25) is 5.88 Å². The average Bonchev–Trinajstić information content (AvgIpc) is 2.67. The Balaban J connectivity index is 2.50. The summed E-state index contributed by atoms with van der Waals surface area (Å²) in [5.74, 6) is 0.588. The van der Waals surface area contributed by atoms with E-state index in [2.05, 4.69) is 14.3 Å². The molecule has 2 rings (SSSR count). The molecule has 0 atom stereocenters. The number of aromatic nitrogens is 3. The van der Waals surface area contributed by atoms with Crippen LogP contribution in [0, 0.1) is 4.64 Å². The molecule has 6 heteroatoms. The molecule has 0 amide bonds. The van der Waals surface area contributed by atoms with Crippen molar-refractivity contribution in [3.63, 3.8) is 0 Å². The number of rotatable bonds is 2. The van der Waals surface area contributed by atoms with Crippen LogP contribution in [0.25, 0.3) is 10.6 Å². The van der Waals surface area contributed by atoms with Crippen molar-refractivity contribution in [3.8, 4) is 16.5 Å². The maximum absolute atomic E-state index is 5.10. The number of H-pyrrole nitrogens is 1. The van der Waals surface area contributed by atoms with Crippen molar-refractivity contribution in [1.82, 2.24) is 14.3 Å². The topological polar surface area (TPSA) is 50.8 Å². The van der Waals surface area contributed by atoms with Crippen molar-refractivity contribution in [2.45, 2.75) is 0 Å². The molecule has 0 unspecified atom stereocenters. The van der Waals surface area contributed by atoms with Crippen molar-refractivity contribution < 1.29 is 4.74 Å². The molecule has 2 aromatic heterocycles. The first-order chi connectivity index (χ1) is 6.81. The number of methoxy groups -OCH3 is 1. The average molecular weight is 225 g/mol. The van der Waals surface area contributed by atoms with E-state index in [1.807, 2.05) is 6.07 Å². The van der Waals surface area contributed by atoms with Crippen molar-refractivity contribution >= 4 is 23.8 Å². The Hall–Kier alpha value is -1.27. The highest BCUT2D eigenvalue weighted by molar-refractivity contribution is 7.71. The minimum Gasteiger partial charge on any atom is -0.480 e. The Labute approximate surface area is 89.8 Å². The van der Waals surface area contributed by atoms with Crippen LogP contribution in [-0.2, 0) is 0 Å². The molecule has 1 N–H and O–H groups in total. The van der Waals surface area contributed by atoms with Gasteiger partial charge in [0.15, 0.2) is 0 Å². The second-order valence-electron chi connectivity index (χ2n) is 2.50. The summed E-state index contributed by atoms with van der Waals surface area (Å²) in [5.41, 5.74) is 0.739. The number of nitrogens with zero attached hydrogens (tertiary/aromatic N) is 2. The SMILES string of the molecule is COc1cc(-c2ncc[nH]c2=S)sn1. The summed E-state index contributed by atoms with van der Waals surface area (Å²) in [6.07, 6.45) is 3.36. The molecule has 0 fully saturated rings. The van der Waals surface area contributed by atoms with Gasteiger partial charge in [0.05, 0.1) is 12.0 Å². The molecule has 0 aliphatic carbocycles. The summed E-state index contributed by atoms with van der Waals surface area (Å²) >= 11 is 6.42. The van der Waals surface area contributed by atoms with Crippen molar-refractivity contribution in [2.24, 2.45) is 0 Å². The van der Waals surface area contributed by atoms with E-state index in [9.17, 15) is 0 Å². The highest BCUT2D eigenvalue weighted by atomic mass is 32.1. The van der Waals surface area contributed by atoms with Gasteiger partial charge in [0, 0.05) is 18.5 Å². The second-order valence-corrected chi connectivity index (χ2v) is 3.71. The summed E-state index contributed by atoms with van der Waals surface area (Å²) in [5, 5.41) is 0. The molecule has 0 saturated heterocycles. The zero-order chi connectivity index (χ0) is 9.97. The number of aromatic amines is 1. The molecule has 4 nitrogen and oxygen atoms in total. The first-order valence-corrected chi connectivity index (χ1v) is 5.04. The number of hydrogen-bond donors (Lipinski definition) is 1. The molecular weight excluding hydrogens is 218 g/mol. The summed E-state index contributed by atoms with van der Waals surface area (Å²) in [7, 11) is 1.58. The van der Waals surface area contributed by atoms with E-state index >= 15 is 0 Å². The molecule has 72 valence electrons. The molecule has 0 radical (unpaired) electrons. The third kappa shape index (κ3) is 1.66. The molecule has 2 aromatic rings. The van der Waals surface area contributed by atoms with Crippen LogP contribution in [0.1, 0.15) is 0 Å². The van der Waals surface area contributed by atoms with Gasteiger partial charge in [-0.1, -0.05) is 12.2 Å². The minimum atomic E-state index is 0.588. The maximum atomic E-state index is 5.10. The summed E-state index contributed by atoms with van der Waals surface area (Å²) in [6.45, 7) is 0. The lowest BCUT2D eigenvalue weighted by molar-refractivity contribution is 0.403. The van der Waals surface area contributed by atoms with E-state index in [-0.39, 0.29) is 0 Å². The van der Waals surface area contributed by atoms with Gasteiger partial charge in [-0.2, -0.15) is 4.37 Å².